The molecule has 3 aromatic rings. The molecule has 2 atom stereocenters. The second-order valence-corrected chi connectivity index (χ2v) is 7.04. The molecule has 0 radical (unpaired) electrons. The Morgan fingerprint density at radius 2 is 1.81 bits per heavy atom. The van der Waals surface area contributed by atoms with E-state index >= 15 is 0 Å². The molecule has 4 heterocycles. The maximum absolute atomic E-state index is 13.1. The lowest BCUT2D eigenvalue weighted by Crippen LogP contribution is -2.49. The highest BCUT2D eigenvalue weighted by Crippen LogP contribution is 2.35. The minimum absolute atomic E-state index is 0.0115. The van der Waals surface area contributed by atoms with E-state index in [1.54, 1.807) is 17.0 Å². The van der Waals surface area contributed by atoms with Gasteiger partial charge in [-0.1, -0.05) is 30.3 Å². The summed E-state index contributed by atoms with van der Waals surface area (Å²) in [5, 5.41) is 0. The van der Waals surface area contributed by atoms with Gasteiger partial charge in [0.25, 0.3) is 11.8 Å². The van der Waals surface area contributed by atoms with Gasteiger partial charge in [0.05, 0.1) is 18.3 Å². The maximum Gasteiger partial charge on any atom is 0.289 e. The van der Waals surface area contributed by atoms with E-state index in [1.807, 2.05) is 58.1 Å². The number of fused-ring (bicyclic) bond motifs is 3. The van der Waals surface area contributed by atoms with Crippen molar-refractivity contribution in [3.8, 4) is 0 Å². The second-order valence-electron chi connectivity index (χ2n) is 7.04. The van der Waals surface area contributed by atoms with E-state index in [-0.39, 0.29) is 23.9 Å². The van der Waals surface area contributed by atoms with E-state index in [1.165, 1.54) is 6.26 Å². The molecule has 2 amide bonds. The van der Waals surface area contributed by atoms with E-state index in [0.29, 0.717) is 31.1 Å². The number of hydrogen-bond acceptors (Lipinski definition) is 3. The molecular weight excluding hydrogens is 342 g/mol. The van der Waals surface area contributed by atoms with Crippen LogP contribution in [0.5, 0.6) is 0 Å². The number of nitrogens with zero attached hydrogens (tertiary/aromatic N) is 3. The molecule has 6 heteroatoms. The molecule has 1 aromatic carbocycles. The first-order chi connectivity index (χ1) is 13.2. The molecule has 6 nitrogen and oxygen atoms in total. The second kappa shape index (κ2) is 6.16. The lowest BCUT2D eigenvalue weighted by atomic mass is 10.0. The van der Waals surface area contributed by atoms with Crippen molar-refractivity contribution in [2.24, 2.45) is 0 Å². The van der Waals surface area contributed by atoms with Crippen molar-refractivity contribution >= 4 is 11.8 Å². The molecule has 2 aliphatic rings. The number of aromatic nitrogens is 1. The number of amides is 2. The fourth-order valence-corrected chi connectivity index (χ4v) is 4.20. The van der Waals surface area contributed by atoms with E-state index in [9.17, 15) is 9.59 Å². The monoisotopic (exact) mass is 361 g/mol. The van der Waals surface area contributed by atoms with Crippen LogP contribution in [-0.2, 0) is 6.54 Å². The first-order valence-corrected chi connectivity index (χ1v) is 9.07. The van der Waals surface area contributed by atoms with Crippen molar-refractivity contribution < 1.29 is 14.0 Å². The van der Waals surface area contributed by atoms with Crippen LogP contribution in [0.15, 0.2) is 71.5 Å². The van der Waals surface area contributed by atoms with Gasteiger partial charge < -0.3 is 18.8 Å². The van der Waals surface area contributed by atoms with E-state index in [2.05, 4.69) is 0 Å². The number of carbonyl (C=O) groups excluding carboxylic acids is 2. The van der Waals surface area contributed by atoms with Gasteiger partial charge in [0.2, 0.25) is 0 Å². The molecule has 2 aliphatic heterocycles. The van der Waals surface area contributed by atoms with Crippen molar-refractivity contribution in [1.29, 1.82) is 0 Å². The van der Waals surface area contributed by atoms with Gasteiger partial charge in [0.1, 0.15) is 5.69 Å². The van der Waals surface area contributed by atoms with Crippen LogP contribution in [0.3, 0.4) is 0 Å². The number of rotatable bonds is 3. The molecule has 0 aliphatic carbocycles. The van der Waals surface area contributed by atoms with Crippen LogP contribution >= 0.6 is 0 Å². The van der Waals surface area contributed by atoms with Gasteiger partial charge in [-0.25, -0.2) is 0 Å². The minimum Gasteiger partial charge on any atom is -0.459 e. The van der Waals surface area contributed by atoms with Crippen LogP contribution in [0, 0.1) is 0 Å². The highest BCUT2D eigenvalue weighted by Gasteiger charge is 2.46. The molecule has 1 saturated heterocycles. The van der Waals surface area contributed by atoms with E-state index in [4.69, 9.17) is 4.42 Å². The molecule has 2 unspecified atom stereocenters. The van der Waals surface area contributed by atoms with Gasteiger partial charge in [-0.15, -0.1) is 0 Å². The third-order valence-corrected chi connectivity index (χ3v) is 5.49. The first-order valence-electron chi connectivity index (χ1n) is 9.07. The van der Waals surface area contributed by atoms with Crippen molar-refractivity contribution in [2.75, 3.05) is 13.1 Å². The summed E-state index contributed by atoms with van der Waals surface area (Å²) in [6.07, 6.45) is 3.44. The summed E-state index contributed by atoms with van der Waals surface area (Å²) >= 11 is 0. The molecule has 0 saturated carbocycles. The largest absolute Gasteiger partial charge is 0.459 e. The standard InChI is InChI=1S/C21H19N3O3/c25-20-16-8-4-10-23(16)17-13-22(21(26)19-9-5-11-27-19)14-18(17)24(20)12-15-6-2-1-3-7-15/h1-11,17-18H,12-14H2. The fourth-order valence-electron chi connectivity index (χ4n) is 4.20. The molecule has 0 spiro atoms. The average Bonchev–Trinajstić information content (AvgIpc) is 3.45. The molecule has 27 heavy (non-hydrogen) atoms. The maximum atomic E-state index is 13.1. The highest BCUT2D eigenvalue weighted by atomic mass is 16.3. The summed E-state index contributed by atoms with van der Waals surface area (Å²) in [5.41, 5.74) is 1.76. The predicted molar refractivity (Wildman–Crippen MR) is 98.2 cm³/mol. The molecular formula is C21H19N3O3. The SMILES string of the molecule is O=C(c1ccco1)N1CC2C(C1)n1cccc1C(=O)N2Cc1ccccc1. The van der Waals surface area contributed by atoms with Crippen LogP contribution in [0.1, 0.15) is 32.6 Å². The molecule has 5 rings (SSSR count). The van der Waals surface area contributed by atoms with Gasteiger partial charge >= 0.3 is 0 Å². The third kappa shape index (κ3) is 2.56. The summed E-state index contributed by atoms with van der Waals surface area (Å²) in [4.78, 5) is 29.6. The van der Waals surface area contributed by atoms with Crippen LogP contribution in [0.4, 0.5) is 0 Å². The minimum atomic E-state index is -0.129. The molecule has 136 valence electrons. The Hall–Kier alpha value is -3.28. The first kappa shape index (κ1) is 15.9. The van der Waals surface area contributed by atoms with Gasteiger partial charge in [-0.2, -0.15) is 0 Å². The van der Waals surface area contributed by atoms with Crippen molar-refractivity contribution in [3.05, 3.63) is 84.1 Å². The van der Waals surface area contributed by atoms with E-state index < -0.39 is 0 Å². The fraction of sp³-hybridized carbons (Fsp3) is 0.238. The lowest BCUT2D eigenvalue weighted by molar-refractivity contribution is 0.0549. The van der Waals surface area contributed by atoms with Crippen LogP contribution in [0.2, 0.25) is 0 Å². The van der Waals surface area contributed by atoms with Crippen molar-refractivity contribution in [3.63, 3.8) is 0 Å². The summed E-state index contributed by atoms with van der Waals surface area (Å²) in [6.45, 7) is 1.60. The Balaban J connectivity index is 1.48. The summed E-state index contributed by atoms with van der Waals surface area (Å²) in [5.74, 6) is 0.218. The number of benzene rings is 1. The van der Waals surface area contributed by atoms with E-state index in [0.717, 1.165) is 5.56 Å². The highest BCUT2D eigenvalue weighted by molar-refractivity contribution is 5.95. The van der Waals surface area contributed by atoms with Crippen molar-refractivity contribution in [2.45, 2.75) is 18.6 Å². The quantitative estimate of drug-likeness (QED) is 0.721. The number of furan rings is 1. The molecule has 0 bridgehead atoms. The zero-order valence-electron chi connectivity index (χ0n) is 14.7. The van der Waals surface area contributed by atoms with Crippen molar-refractivity contribution in [1.82, 2.24) is 14.4 Å². The van der Waals surface area contributed by atoms with Crippen LogP contribution < -0.4 is 0 Å². The van der Waals surface area contributed by atoms with Gasteiger partial charge in [0.15, 0.2) is 5.76 Å². The third-order valence-electron chi connectivity index (χ3n) is 5.49. The zero-order chi connectivity index (χ0) is 18.4. The van der Waals surface area contributed by atoms with Gasteiger partial charge in [0, 0.05) is 25.8 Å². The average molecular weight is 361 g/mol. The number of carbonyl (C=O) groups is 2. The Morgan fingerprint density at radius 1 is 1.00 bits per heavy atom. The normalized spacial score (nSPS) is 21.3. The Bertz CT molecular complexity index is 977. The van der Waals surface area contributed by atoms with Gasteiger partial charge in [-0.3, -0.25) is 9.59 Å². The predicted octanol–water partition coefficient (Wildman–Crippen LogP) is 2.80. The zero-order valence-corrected chi connectivity index (χ0v) is 14.7. The smallest absolute Gasteiger partial charge is 0.289 e. The topological polar surface area (TPSA) is 58.7 Å². The summed E-state index contributed by atoms with van der Waals surface area (Å²) < 4.78 is 7.30. The Kier molecular flexibility index (Phi) is 3.63. The Labute approximate surface area is 156 Å². The Morgan fingerprint density at radius 3 is 2.59 bits per heavy atom. The molecule has 1 fully saturated rings. The van der Waals surface area contributed by atoms with Crippen LogP contribution in [-0.4, -0.2) is 45.3 Å². The number of hydrogen-bond donors (Lipinski definition) is 0. The summed E-state index contributed by atoms with van der Waals surface area (Å²) in [7, 11) is 0. The van der Waals surface area contributed by atoms with Gasteiger partial charge in [-0.05, 0) is 29.8 Å². The lowest BCUT2D eigenvalue weighted by Gasteiger charge is -2.38. The summed E-state index contributed by atoms with van der Waals surface area (Å²) in [6, 6.07) is 17.1. The number of likely N-dealkylation sites (tertiary alicyclic amines) is 1. The van der Waals surface area contributed by atoms with Crippen LogP contribution in [0.25, 0.3) is 0 Å². The molecule has 0 N–H and O–H groups in total. The molecule has 2 aromatic heterocycles.